The van der Waals surface area contributed by atoms with E-state index in [9.17, 15) is 14.3 Å². The Morgan fingerprint density at radius 3 is 2.80 bits per heavy atom. The van der Waals surface area contributed by atoms with Crippen molar-refractivity contribution < 1.29 is 19.0 Å². The zero-order valence-electron chi connectivity index (χ0n) is 14.0. The Bertz CT molecular complexity index is 825. The van der Waals surface area contributed by atoms with Crippen LogP contribution in [0.5, 0.6) is 0 Å². The number of halogens is 1. The van der Waals surface area contributed by atoms with E-state index in [0.29, 0.717) is 12.0 Å². The number of rotatable bonds is 4. The molecule has 2 bridgehead atoms. The van der Waals surface area contributed by atoms with Gasteiger partial charge < -0.3 is 9.84 Å². The van der Waals surface area contributed by atoms with E-state index in [-0.39, 0.29) is 23.7 Å². The summed E-state index contributed by atoms with van der Waals surface area (Å²) >= 11 is 0. The van der Waals surface area contributed by atoms with Crippen molar-refractivity contribution in [1.29, 1.82) is 0 Å². The zero-order valence-corrected chi connectivity index (χ0v) is 14.0. The summed E-state index contributed by atoms with van der Waals surface area (Å²) in [6.07, 6.45) is 5.77. The van der Waals surface area contributed by atoms with Gasteiger partial charge in [-0.1, -0.05) is 11.3 Å². The highest BCUT2D eigenvalue weighted by Crippen LogP contribution is 2.62. The summed E-state index contributed by atoms with van der Waals surface area (Å²) in [5.41, 5.74) is 1.08. The molecule has 6 nitrogen and oxygen atoms in total. The van der Waals surface area contributed by atoms with Crippen LogP contribution in [-0.2, 0) is 21.6 Å². The first-order valence-corrected chi connectivity index (χ1v) is 8.43. The van der Waals surface area contributed by atoms with E-state index in [4.69, 9.17) is 4.74 Å². The number of hydrogen-bond acceptors (Lipinski definition) is 5. The van der Waals surface area contributed by atoms with E-state index in [1.165, 1.54) is 23.9 Å². The number of aliphatic hydroxyl groups excluding tert-OH is 1. The van der Waals surface area contributed by atoms with E-state index in [1.54, 1.807) is 12.3 Å². The number of fused-ring (bicyclic) bond motifs is 2. The number of aromatic nitrogens is 3. The number of esters is 1. The number of aliphatic hydroxyl groups is 1. The van der Waals surface area contributed by atoms with Crippen LogP contribution in [0.25, 0.3) is 5.69 Å². The van der Waals surface area contributed by atoms with Crippen LogP contribution in [0.1, 0.15) is 43.4 Å². The lowest BCUT2D eigenvalue weighted by atomic mass is 9.80. The Balaban J connectivity index is 1.66. The normalized spacial score (nSPS) is 27.6. The van der Waals surface area contributed by atoms with Gasteiger partial charge in [-0.25, -0.2) is 9.07 Å². The van der Waals surface area contributed by atoms with Gasteiger partial charge in [0.1, 0.15) is 11.5 Å². The number of ether oxygens (including phenoxy) is 1. The fourth-order valence-corrected chi connectivity index (χ4v) is 4.50. The van der Waals surface area contributed by atoms with Crippen LogP contribution in [0.15, 0.2) is 24.4 Å². The van der Waals surface area contributed by atoms with Gasteiger partial charge in [0.2, 0.25) is 0 Å². The van der Waals surface area contributed by atoms with Gasteiger partial charge in [0.05, 0.1) is 31.0 Å². The lowest BCUT2D eigenvalue weighted by Crippen LogP contribution is -2.27. The van der Waals surface area contributed by atoms with Crippen molar-refractivity contribution in [3.63, 3.8) is 0 Å². The summed E-state index contributed by atoms with van der Waals surface area (Å²) in [5, 5.41) is 17.6. The zero-order chi connectivity index (χ0) is 17.7. The topological polar surface area (TPSA) is 77.2 Å². The van der Waals surface area contributed by atoms with Gasteiger partial charge in [0, 0.05) is 5.41 Å². The van der Waals surface area contributed by atoms with Gasteiger partial charge in [0.25, 0.3) is 0 Å². The Morgan fingerprint density at radius 2 is 2.12 bits per heavy atom. The van der Waals surface area contributed by atoms with Crippen LogP contribution < -0.4 is 0 Å². The molecule has 7 heteroatoms. The summed E-state index contributed by atoms with van der Waals surface area (Å²) in [5.74, 6) is -0.561. The van der Waals surface area contributed by atoms with Gasteiger partial charge in [-0.05, 0) is 49.8 Å². The molecule has 0 aliphatic heterocycles. The average molecular weight is 345 g/mol. The van der Waals surface area contributed by atoms with E-state index in [2.05, 4.69) is 10.3 Å². The van der Waals surface area contributed by atoms with E-state index in [0.717, 1.165) is 31.4 Å². The van der Waals surface area contributed by atoms with Crippen molar-refractivity contribution in [3.8, 4) is 5.69 Å². The molecule has 0 unspecified atom stereocenters. The third kappa shape index (κ3) is 2.37. The van der Waals surface area contributed by atoms with Gasteiger partial charge in [-0.15, -0.1) is 5.10 Å². The predicted octanol–water partition coefficient (Wildman–Crippen LogP) is 2.27. The highest BCUT2D eigenvalue weighted by atomic mass is 19.1. The fourth-order valence-electron chi connectivity index (χ4n) is 4.50. The van der Waals surface area contributed by atoms with E-state index in [1.807, 2.05) is 0 Å². The highest BCUT2D eigenvalue weighted by Gasteiger charge is 2.60. The first-order chi connectivity index (χ1) is 12.0. The molecule has 0 atom stereocenters. The van der Waals surface area contributed by atoms with Gasteiger partial charge in [-0.3, -0.25) is 4.79 Å². The lowest BCUT2D eigenvalue weighted by molar-refractivity contribution is -0.152. The quantitative estimate of drug-likeness (QED) is 0.860. The molecule has 1 heterocycles. The molecule has 1 N–H and O–H groups in total. The van der Waals surface area contributed by atoms with E-state index >= 15 is 0 Å². The maximum absolute atomic E-state index is 14.1. The predicted molar refractivity (Wildman–Crippen MR) is 86.5 cm³/mol. The molecule has 2 saturated carbocycles. The summed E-state index contributed by atoms with van der Waals surface area (Å²) in [6.45, 7) is -0.166. The monoisotopic (exact) mass is 345 g/mol. The summed E-state index contributed by atoms with van der Waals surface area (Å²) < 4.78 is 20.6. The molecule has 0 radical (unpaired) electrons. The van der Waals surface area contributed by atoms with E-state index < -0.39 is 11.2 Å². The number of benzene rings is 1. The molecule has 0 spiro atoms. The maximum atomic E-state index is 14.1. The summed E-state index contributed by atoms with van der Waals surface area (Å²) in [4.78, 5) is 12.2. The average Bonchev–Trinajstić information content (AvgIpc) is 3.36. The molecule has 1 aromatic carbocycles. The molecule has 2 aliphatic rings. The molecule has 2 aromatic rings. The Hall–Kier alpha value is -2.28. The SMILES string of the molecule is COC(=O)C12CCC(c3cn(-c4cc(CO)ccc4F)nn3)(CC1)C2. The number of hydrogen-bond donors (Lipinski definition) is 1. The van der Waals surface area contributed by atoms with Crippen LogP contribution in [0, 0.1) is 11.2 Å². The third-order valence-corrected chi connectivity index (χ3v) is 5.94. The smallest absolute Gasteiger partial charge is 0.311 e. The van der Waals surface area contributed by atoms with Crippen LogP contribution in [-0.4, -0.2) is 33.2 Å². The minimum Gasteiger partial charge on any atom is -0.469 e. The van der Waals surface area contributed by atoms with Crippen molar-refractivity contribution in [2.75, 3.05) is 7.11 Å². The highest BCUT2D eigenvalue weighted by molar-refractivity contribution is 5.78. The largest absolute Gasteiger partial charge is 0.469 e. The summed E-state index contributed by atoms with van der Waals surface area (Å²) in [6, 6.07) is 4.41. The third-order valence-electron chi connectivity index (χ3n) is 5.94. The molecule has 2 aliphatic carbocycles. The fraction of sp³-hybridized carbons (Fsp3) is 0.500. The molecule has 0 saturated heterocycles. The minimum absolute atomic E-state index is 0.138. The minimum atomic E-state index is -0.423. The van der Waals surface area contributed by atoms with Crippen molar-refractivity contribution in [3.05, 3.63) is 41.5 Å². The Labute approximate surface area is 144 Å². The Kier molecular flexibility index (Phi) is 3.64. The van der Waals surface area contributed by atoms with Gasteiger partial charge in [-0.2, -0.15) is 0 Å². The van der Waals surface area contributed by atoms with Gasteiger partial charge in [0.15, 0.2) is 0 Å². The molecule has 1 aromatic heterocycles. The molecule has 4 rings (SSSR count). The second kappa shape index (κ2) is 5.62. The van der Waals surface area contributed by atoms with Crippen LogP contribution in [0.2, 0.25) is 0 Å². The standard InChI is InChI=1S/C18H20FN3O3/c1-25-16(24)18-6-4-17(11-18,5-7-18)15-9-22(21-20-15)14-8-12(10-23)2-3-13(14)19/h2-3,8-9,23H,4-7,10-11H2,1H3. The molecule has 0 amide bonds. The molecular formula is C18H20FN3O3. The number of carbonyl (C=O) groups is 1. The molecule has 2 fully saturated rings. The molecular weight excluding hydrogens is 325 g/mol. The first-order valence-electron chi connectivity index (χ1n) is 8.43. The van der Waals surface area contributed by atoms with Crippen molar-refractivity contribution in [2.45, 2.75) is 44.1 Å². The molecule has 132 valence electrons. The maximum Gasteiger partial charge on any atom is 0.311 e. The van der Waals surface area contributed by atoms with Crippen LogP contribution in [0.4, 0.5) is 4.39 Å². The van der Waals surface area contributed by atoms with Gasteiger partial charge >= 0.3 is 5.97 Å². The van der Waals surface area contributed by atoms with Crippen LogP contribution in [0.3, 0.4) is 0 Å². The van der Waals surface area contributed by atoms with Crippen molar-refractivity contribution in [1.82, 2.24) is 15.0 Å². The second-order valence-corrected chi connectivity index (χ2v) is 7.22. The van der Waals surface area contributed by atoms with Crippen molar-refractivity contribution in [2.24, 2.45) is 5.41 Å². The second-order valence-electron chi connectivity index (χ2n) is 7.22. The number of carbonyl (C=O) groups excluding carboxylic acids is 1. The number of nitrogens with zero attached hydrogens (tertiary/aromatic N) is 3. The van der Waals surface area contributed by atoms with Crippen LogP contribution >= 0.6 is 0 Å². The lowest BCUT2D eigenvalue weighted by Gasteiger charge is -2.24. The number of methoxy groups -OCH3 is 1. The van der Waals surface area contributed by atoms with Crippen molar-refractivity contribution >= 4 is 5.97 Å². The summed E-state index contributed by atoms with van der Waals surface area (Å²) in [7, 11) is 1.43. The first kappa shape index (κ1) is 16.2. The Morgan fingerprint density at radius 1 is 1.36 bits per heavy atom. The molecule has 25 heavy (non-hydrogen) atoms.